The van der Waals surface area contributed by atoms with Crippen molar-refractivity contribution < 1.29 is 9.59 Å². The summed E-state index contributed by atoms with van der Waals surface area (Å²) in [5.41, 5.74) is 2.60. The summed E-state index contributed by atoms with van der Waals surface area (Å²) in [6, 6.07) is 14.6. The van der Waals surface area contributed by atoms with Crippen molar-refractivity contribution in [2.45, 2.75) is 38.5 Å². The monoisotopic (exact) mass is 464 g/mol. The van der Waals surface area contributed by atoms with Crippen LogP contribution in [0.15, 0.2) is 58.5 Å². The molecule has 2 N–H and O–H groups in total. The van der Waals surface area contributed by atoms with Gasteiger partial charge in [-0.3, -0.25) is 23.9 Å². The standard InChI is InChI=1S/C23H24N6O3S/c1-14(2)24-21(32)25-19(30)13-33-23-27-26-22-28(12-16-10-8-15(3)9-11-16)20(31)17-6-4-5-7-18(17)29(22)23/h4-11,14H,12-13H2,1-3H3,(H2,24,25,30,32). The first-order chi connectivity index (χ1) is 15.8. The molecule has 0 fully saturated rings. The maximum absolute atomic E-state index is 13.3. The number of fused-ring (bicyclic) bond motifs is 3. The van der Waals surface area contributed by atoms with Gasteiger partial charge in [0, 0.05) is 6.04 Å². The maximum Gasteiger partial charge on any atom is 0.321 e. The first-order valence-corrected chi connectivity index (χ1v) is 11.5. The Hall–Kier alpha value is -3.66. The summed E-state index contributed by atoms with van der Waals surface area (Å²) in [5.74, 6) is -0.0931. The second-order valence-electron chi connectivity index (χ2n) is 7.98. The topological polar surface area (TPSA) is 110 Å². The van der Waals surface area contributed by atoms with Gasteiger partial charge in [0.05, 0.1) is 23.2 Å². The van der Waals surface area contributed by atoms with E-state index in [9.17, 15) is 14.4 Å². The third-order valence-corrected chi connectivity index (χ3v) is 5.87. The zero-order valence-electron chi connectivity index (χ0n) is 18.5. The van der Waals surface area contributed by atoms with Gasteiger partial charge in [-0.25, -0.2) is 4.79 Å². The molecule has 0 saturated heterocycles. The molecule has 0 spiro atoms. The average molecular weight is 465 g/mol. The van der Waals surface area contributed by atoms with Gasteiger partial charge in [-0.05, 0) is 38.5 Å². The van der Waals surface area contributed by atoms with Gasteiger partial charge in [-0.15, -0.1) is 10.2 Å². The Bertz CT molecular complexity index is 1390. The quantitative estimate of drug-likeness (QED) is 0.425. The molecule has 9 nitrogen and oxygen atoms in total. The number of aromatic nitrogens is 4. The van der Waals surface area contributed by atoms with Gasteiger partial charge in [-0.1, -0.05) is 53.7 Å². The Morgan fingerprint density at radius 1 is 1.06 bits per heavy atom. The molecule has 0 aliphatic rings. The smallest absolute Gasteiger partial charge is 0.321 e. The number of hydrogen-bond donors (Lipinski definition) is 2. The number of thioether (sulfide) groups is 1. The molecule has 2 aromatic heterocycles. The van der Waals surface area contributed by atoms with E-state index in [0.29, 0.717) is 28.4 Å². The Morgan fingerprint density at radius 3 is 2.52 bits per heavy atom. The van der Waals surface area contributed by atoms with Gasteiger partial charge in [0.15, 0.2) is 5.16 Å². The van der Waals surface area contributed by atoms with Crippen molar-refractivity contribution in [2.24, 2.45) is 0 Å². The SMILES string of the molecule is Cc1ccc(Cn2c(=O)c3ccccc3n3c(SCC(=O)NC(=O)NC(C)C)nnc23)cc1. The normalized spacial score (nSPS) is 11.3. The van der Waals surface area contributed by atoms with E-state index in [1.54, 1.807) is 15.0 Å². The second-order valence-corrected chi connectivity index (χ2v) is 8.92. The zero-order chi connectivity index (χ0) is 23.5. The van der Waals surface area contributed by atoms with Crippen molar-refractivity contribution in [3.05, 3.63) is 70.0 Å². The van der Waals surface area contributed by atoms with Crippen molar-refractivity contribution in [1.82, 2.24) is 29.8 Å². The minimum atomic E-state index is -0.543. The molecule has 0 aliphatic carbocycles. The predicted molar refractivity (Wildman–Crippen MR) is 128 cm³/mol. The minimum Gasteiger partial charge on any atom is -0.336 e. The number of nitrogens with one attached hydrogen (secondary N) is 2. The van der Waals surface area contributed by atoms with Crippen molar-refractivity contribution in [2.75, 3.05) is 5.75 Å². The van der Waals surface area contributed by atoms with Crippen LogP contribution >= 0.6 is 11.8 Å². The van der Waals surface area contributed by atoms with Gasteiger partial charge in [0.1, 0.15) is 0 Å². The molecule has 0 unspecified atom stereocenters. The Balaban J connectivity index is 1.69. The summed E-state index contributed by atoms with van der Waals surface area (Å²) in [6.45, 7) is 5.96. The number of aryl methyl sites for hydroxylation is 1. The Labute approximate surface area is 194 Å². The van der Waals surface area contributed by atoms with E-state index in [1.165, 1.54) is 0 Å². The van der Waals surface area contributed by atoms with Crippen molar-refractivity contribution in [3.63, 3.8) is 0 Å². The van der Waals surface area contributed by atoms with Crippen LogP contribution < -0.4 is 16.2 Å². The van der Waals surface area contributed by atoms with E-state index >= 15 is 0 Å². The third-order valence-electron chi connectivity index (χ3n) is 4.94. The van der Waals surface area contributed by atoms with Crippen LogP contribution in [0.5, 0.6) is 0 Å². The fourth-order valence-electron chi connectivity index (χ4n) is 3.44. The fourth-order valence-corrected chi connectivity index (χ4v) is 4.18. The third kappa shape index (κ3) is 4.90. The first-order valence-electron chi connectivity index (χ1n) is 10.5. The zero-order valence-corrected chi connectivity index (χ0v) is 19.3. The Kier molecular flexibility index (Phi) is 6.45. The summed E-state index contributed by atoms with van der Waals surface area (Å²) >= 11 is 1.15. The molecule has 4 rings (SSSR count). The van der Waals surface area contributed by atoms with Crippen LogP contribution in [0.25, 0.3) is 16.7 Å². The van der Waals surface area contributed by atoms with Crippen LogP contribution in [-0.2, 0) is 11.3 Å². The van der Waals surface area contributed by atoms with E-state index in [-0.39, 0.29) is 17.4 Å². The number of urea groups is 1. The second kappa shape index (κ2) is 9.45. The molecule has 2 heterocycles. The van der Waals surface area contributed by atoms with E-state index < -0.39 is 11.9 Å². The fraction of sp³-hybridized carbons (Fsp3) is 0.261. The minimum absolute atomic E-state index is 0.0300. The maximum atomic E-state index is 13.3. The molecule has 0 aliphatic heterocycles. The largest absolute Gasteiger partial charge is 0.336 e. The van der Waals surface area contributed by atoms with Crippen LogP contribution in [0, 0.1) is 6.92 Å². The van der Waals surface area contributed by atoms with E-state index in [2.05, 4.69) is 20.8 Å². The number of nitrogens with zero attached hydrogens (tertiary/aromatic N) is 4. The van der Waals surface area contributed by atoms with E-state index in [4.69, 9.17) is 0 Å². The highest BCUT2D eigenvalue weighted by atomic mass is 32.2. The van der Waals surface area contributed by atoms with Gasteiger partial charge < -0.3 is 5.32 Å². The molecule has 0 radical (unpaired) electrons. The number of para-hydroxylation sites is 1. The number of rotatable bonds is 6. The van der Waals surface area contributed by atoms with Crippen LogP contribution in [0.4, 0.5) is 4.79 Å². The summed E-state index contributed by atoms with van der Waals surface area (Å²) in [6.07, 6.45) is 0. The molecule has 4 aromatic rings. The molecular weight excluding hydrogens is 440 g/mol. The van der Waals surface area contributed by atoms with Crippen molar-refractivity contribution in [1.29, 1.82) is 0 Å². The molecular formula is C23H24N6O3S. The van der Waals surface area contributed by atoms with Crippen LogP contribution in [0.2, 0.25) is 0 Å². The highest BCUT2D eigenvalue weighted by Gasteiger charge is 2.18. The average Bonchev–Trinajstić information content (AvgIpc) is 3.20. The number of amides is 3. The number of imide groups is 1. The number of benzene rings is 2. The number of carbonyl (C=O) groups excluding carboxylic acids is 2. The summed E-state index contributed by atoms with van der Waals surface area (Å²) in [7, 11) is 0. The lowest BCUT2D eigenvalue weighted by Crippen LogP contribution is -2.43. The lowest BCUT2D eigenvalue weighted by molar-refractivity contribution is -0.117. The number of hydrogen-bond acceptors (Lipinski definition) is 6. The lowest BCUT2D eigenvalue weighted by atomic mass is 10.1. The summed E-state index contributed by atoms with van der Waals surface area (Å²) in [4.78, 5) is 37.2. The predicted octanol–water partition coefficient (Wildman–Crippen LogP) is 2.73. The van der Waals surface area contributed by atoms with Crippen molar-refractivity contribution in [3.8, 4) is 0 Å². The molecule has 170 valence electrons. The van der Waals surface area contributed by atoms with Crippen LogP contribution in [0.1, 0.15) is 25.0 Å². The van der Waals surface area contributed by atoms with Gasteiger partial charge in [-0.2, -0.15) is 0 Å². The first kappa shape index (κ1) is 22.5. The summed E-state index contributed by atoms with van der Waals surface area (Å²) < 4.78 is 3.36. The molecule has 0 bridgehead atoms. The van der Waals surface area contributed by atoms with Crippen LogP contribution in [-0.4, -0.2) is 42.9 Å². The molecule has 10 heteroatoms. The Morgan fingerprint density at radius 2 is 1.79 bits per heavy atom. The van der Waals surface area contributed by atoms with E-state index in [1.807, 2.05) is 63.2 Å². The van der Waals surface area contributed by atoms with Gasteiger partial charge in [0.25, 0.3) is 5.56 Å². The molecule has 0 saturated carbocycles. The molecule has 0 atom stereocenters. The highest BCUT2D eigenvalue weighted by molar-refractivity contribution is 7.99. The molecule has 3 amide bonds. The molecule has 33 heavy (non-hydrogen) atoms. The van der Waals surface area contributed by atoms with Crippen molar-refractivity contribution >= 4 is 40.4 Å². The van der Waals surface area contributed by atoms with Crippen LogP contribution in [0.3, 0.4) is 0 Å². The number of carbonyl (C=O) groups is 2. The van der Waals surface area contributed by atoms with Gasteiger partial charge in [0.2, 0.25) is 11.7 Å². The van der Waals surface area contributed by atoms with E-state index in [0.717, 1.165) is 22.9 Å². The van der Waals surface area contributed by atoms with Gasteiger partial charge >= 0.3 is 6.03 Å². The summed E-state index contributed by atoms with van der Waals surface area (Å²) in [5, 5.41) is 14.4. The lowest BCUT2D eigenvalue weighted by Gasteiger charge is -2.12. The molecule has 2 aromatic carbocycles. The highest BCUT2D eigenvalue weighted by Crippen LogP contribution is 2.22.